The van der Waals surface area contributed by atoms with Crippen LogP contribution in [0.5, 0.6) is 0 Å². The number of hydrogen-bond acceptors (Lipinski definition) is 6. The first kappa shape index (κ1) is 23.5. The molecule has 3 rings (SSSR count). The number of hydrazone groups is 1. The molecule has 0 atom stereocenters. The van der Waals surface area contributed by atoms with Gasteiger partial charge in [-0.3, -0.25) is 15.5 Å². The third-order valence-electron chi connectivity index (χ3n) is 4.91. The standard InChI is InChI=1S/C22H19F3N4O4/c1-13-9-16(14(2)28(13)18-6-4-5-15(10-18)21(30)33-3)12-26-27-19-8-7-17(22(23,24)25)11-20(19)29(31)32/h4-12,27H,1-3H3/b26-12-. The number of nitro benzene ring substituents is 1. The van der Waals surface area contributed by atoms with Crippen LogP contribution in [0.15, 0.2) is 53.6 Å². The van der Waals surface area contributed by atoms with Gasteiger partial charge in [0, 0.05) is 28.7 Å². The second kappa shape index (κ2) is 9.15. The summed E-state index contributed by atoms with van der Waals surface area (Å²) in [7, 11) is 1.30. The highest BCUT2D eigenvalue weighted by Crippen LogP contribution is 2.35. The molecule has 0 saturated heterocycles. The molecule has 1 heterocycles. The van der Waals surface area contributed by atoms with Gasteiger partial charge in [-0.2, -0.15) is 18.3 Å². The quantitative estimate of drug-likeness (QED) is 0.234. The van der Waals surface area contributed by atoms with Gasteiger partial charge in [-0.25, -0.2) is 4.79 Å². The van der Waals surface area contributed by atoms with Crippen molar-refractivity contribution < 1.29 is 27.6 Å². The normalized spacial score (nSPS) is 11.6. The molecular weight excluding hydrogens is 441 g/mol. The first-order chi connectivity index (χ1) is 15.5. The Kier molecular flexibility index (Phi) is 6.52. The van der Waals surface area contributed by atoms with Gasteiger partial charge in [-0.05, 0) is 50.2 Å². The molecule has 0 radical (unpaired) electrons. The molecule has 2 aromatic carbocycles. The lowest BCUT2D eigenvalue weighted by Crippen LogP contribution is -2.06. The molecule has 3 aromatic rings. The molecule has 8 nitrogen and oxygen atoms in total. The minimum atomic E-state index is -4.70. The van der Waals surface area contributed by atoms with Gasteiger partial charge in [0.1, 0.15) is 5.69 Å². The van der Waals surface area contributed by atoms with E-state index < -0.39 is 28.3 Å². The van der Waals surface area contributed by atoms with E-state index in [1.807, 2.05) is 30.5 Å². The van der Waals surface area contributed by atoms with Crippen LogP contribution in [0.2, 0.25) is 0 Å². The highest BCUT2D eigenvalue weighted by Gasteiger charge is 2.33. The molecule has 0 spiro atoms. The van der Waals surface area contributed by atoms with E-state index in [0.717, 1.165) is 29.2 Å². The maximum atomic E-state index is 12.8. The maximum absolute atomic E-state index is 12.8. The van der Waals surface area contributed by atoms with E-state index in [2.05, 4.69) is 10.5 Å². The van der Waals surface area contributed by atoms with Crippen molar-refractivity contribution in [2.24, 2.45) is 5.10 Å². The van der Waals surface area contributed by atoms with Crippen molar-refractivity contribution in [2.45, 2.75) is 20.0 Å². The van der Waals surface area contributed by atoms with Crippen molar-refractivity contribution in [3.05, 3.63) is 86.7 Å². The van der Waals surface area contributed by atoms with Gasteiger partial charge < -0.3 is 9.30 Å². The topological polar surface area (TPSA) is 98.8 Å². The second-order valence-electron chi connectivity index (χ2n) is 7.06. The zero-order valence-electron chi connectivity index (χ0n) is 17.8. The lowest BCUT2D eigenvalue weighted by atomic mass is 10.1. The predicted molar refractivity (Wildman–Crippen MR) is 116 cm³/mol. The first-order valence-corrected chi connectivity index (χ1v) is 9.55. The van der Waals surface area contributed by atoms with Crippen LogP contribution >= 0.6 is 0 Å². The fourth-order valence-electron chi connectivity index (χ4n) is 3.33. The van der Waals surface area contributed by atoms with Gasteiger partial charge in [0.15, 0.2) is 0 Å². The van der Waals surface area contributed by atoms with E-state index in [1.165, 1.54) is 13.3 Å². The number of esters is 1. The molecule has 0 aliphatic heterocycles. The molecule has 1 N–H and O–H groups in total. The molecule has 0 amide bonds. The Labute approximate surface area is 186 Å². The summed E-state index contributed by atoms with van der Waals surface area (Å²) >= 11 is 0. The molecule has 0 aliphatic carbocycles. The number of aryl methyl sites for hydroxylation is 1. The van der Waals surface area contributed by atoms with Crippen molar-refractivity contribution in [1.29, 1.82) is 0 Å². The molecule has 0 unspecified atom stereocenters. The number of carbonyl (C=O) groups excluding carboxylic acids is 1. The second-order valence-corrected chi connectivity index (χ2v) is 7.06. The Morgan fingerprint density at radius 3 is 2.55 bits per heavy atom. The number of halogens is 3. The predicted octanol–water partition coefficient (Wildman–Crippen LogP) is 5.25. The van der Waals surface area contributed by atoms with E-state index in [0.29, 0.717) is 17.2 Å². The van der Waals surface area contributed by atoms with Gasteiger partial charge in [0.05, 0.1) is 29.4 Å². The van der Waals surface area contributed by atoms with Crippen molar-refractivity contribution in [1.82, 2.24) is 4.57 Å². The minimum absolute atomic E-state index is 0.177. The van der Waals surface area contributed by atoms with Gasteiger partial charge in [-0.1, -0.05) is 6.07 Å². The summed E-state index contributed by atoms with van der Waals surface area (Å²) in [5.41, 5.74) is 3.76. The number of ether oxygens (including phenoxy) is 1. The summed E-state index contributed by atoms with van der Waals surface area (Å²) in [5.74, 6) is -0.469. The van der Waals surface area contributed by atoms with Crippen LogP contribution in [0.4, 0.5) is 24.5 Å². The zero-order valence-corrected chi connectivity index (χ0v) is 17.8. The van der Waals surface area contributed by atoms with Crippen molar-refractivity contribution in [3.8, 4) is 5.69 Å². The van der Waals surface area contributed by atoms with Crippen LogP contribution in [-0.2, 0) is 10.9 Å². The van der Waals surface area contributed by atoms with Crippen molar-refractivity contribution >= 4 is 23.6 Å². The van der Waals surface area contributed by atoms with Gasteiger partial charge >= 0.3 is 12.1 Å². The van der Waals surface area contributed by atoms with E-state index >= 15 is 0 Å². The maximum Gasteiger partial charge on any atom is 0.416 e. The summed E-state index contributed by atoms with van der Waals surface area (Å²) in [6.07, 6.45) is -3.29. The van der Waals surface area contributed by atoms with E-state index in [4.69, 9.17) is 4.74 Å². The number of nitrogens with zero attached hydrogens (tertiary/aromatic N) is 3. The van der Waals surface area contributed by atoms with E-state index in [1.54, 1.807) is 18.2 Å². The Morgan fingerprint density at radius 1 is 1.18 bits per heavy atom. The number of rotatable bonds is 6. The fourth-order valence-corrected chi connectivity index (χ4v) is 3.33. The lowest BCUT2D eigenvalue weighted by Gasteiger charge is -2.11. The summed E-state index contributed by atoms with van der Waals surface area (Å²) in [6.45, 7) is 3.67. The molecule has 1 aromatic heterocycles. The fraction of sp³-hybridized carbons (Fsp3) is 0.182. The molecule has 11 heteroatoms. The number of methoxy groups -OCH3 is 1. The summed E-state index contributed by atoms with van der Waals surface area (Å²) in [6, 6.07) is 10.8. The number of anilines is 1. The summed E-state index contributed by atoms with van der Waals surface area (Å²) in [5, 5.41) is 15.2. The zero-order chi connectivity index (χ0) is 24.3. The molecule has 0 fully saturated rings. The van der Waals surface area contributed by atoms with Crippen LogP contribution in [0.3, 0.4) is 0 Å². The smallest absolute Gasteiger partial charge is 0.416 e. The van der Waals surface area contributed by atoms with Crippen LogP contribution < -0.4 is 5.43 Å². The Balaban J connectivity index is 1.89. The van der Waals surface area contributed by atoms with Crippen LogP contribution in [0, 0.1) is 24.0 Å². The monoisotopic (exact) mass is 460 g/mol. The number of alkyl halides is 3. The minimum Gasteiger partial charge on any atom is -0.465 e. The lowest BCUT2D eigenvalue weighted by molar-refractivity contribution is -0.384. The van der Waals surface area contributed by atoms with Crippen molar-refractivity contribution in [3.63, 3.8) is 0 Å². The van der Waals surface area contributed by atoms with Gasteiger partial charge in [0.25, 0.3) is 5.69 Å². The number of nitro groups is 1. The Bertz CT molecular complexity index is 1250. The molecular formula is C22H19F3N4O4. The molecule has 0 bridgehead atoms. The third kappa shape index (κ3) is 5.03. The molecule has 33 heavy (non-hydrogen) atoms. The Hall–Kier alpha value is -4.15. The highest BCUT2D eigenvalue weighted by atomic mass is 19.4. The largest absolute Gasteiger partial charge is 0.465 e. The van der Waals surface area contributed by atoms with E-state index in [-0.39, 0.29) is 5.69 Å². The third-order valence-corrected chi connectivity index (χ3v) is 4.91. The molecule has 0 aliphatic rings. The number of hydrogen-bond donors (Lipinski definition) is 1. The number of nitrogens with one attached hydrogen (secondary N) is 1. The van der Waals surface area contributed by atoms with Crippen molar-refractivity contribution in [2.75, 3.05) is 12.5 Å². The summed E-state index contributed by atoms with van der Waals surface area (Å²) < 4.78 is 45.2. The van der Waals surface area contributed by atoms with Crippen LogP contribution in [0.25, 0.3) is 5.69 Å². The SMILES string of the molecule is COC(=O)c1cccc(-n2c(C)cc(/C=N\Nc3ccc(C(F)(F)F)cc3[N+](=O)[O-])c2C)c1. The molecule has 0 saturated carbocycles. The summed E-state index contributed by atoms with van der Waals surface area (Å²) in [4.78, 5) is 22.1. The average molecular weight is 460 g/mol. The van der Waals surface area contributed by atoms with Gasteiger partial charge in [-0.15, -0.1) is 0 Å². The number of aromatic nitrogens is 1. The Morgan fingerprint density at radius 2 is 1.91 bits per heavy atom. The first-order valence-electron chi connectivity index (χ1n) is 9.55. The van der Waals surface area contributed by atoms with Crippen LogP contribution in [-0.4, -0.2) is 28.8 Å². The molecule has 172 valence electrons. The highest BCUT2D eigenvalue weighted by molar-refractivity contribution is 5.90. The van der Waals surface area contributed by atoms with E-state index in [9.17, 15) is 28.1 Å². The van der Waals surface area contributed by atoms with Gasteiger partial charge in [0.2, 0.25) is 0 Å². The van der Waals surface area contributed by atoms with Crippen LogP contribution in [0.1, 0.15) is 32.9 Å². The average Bonchev–Trinajstić information content (AvgIpc) is 3.05. The number of benzene rings is 2. The number of carbonyl (C=O) groups is 1.